The Hall–Kier alpha value is -1.71. The molecule has 0 unspecified atom stereocenters. The molecule has 9 nitrogen and oxygen atoms in total. The molecule has 0 heterocycles. The molecule has 1 atom stereocenters. The highest BCUT2D eigenvalue weighted by Gasteiger charge is 2.19. The maximum absolute atomic E-state index is 12.2. The molecule has 25 heavy (non-hydrogen) atoms. The van der Waals surface area contributed by atoms with E-state index in [2.05, 4.69) is 15.6 Å². The van der Waals surface area contributed by atoms with Gasteiger partial charge in [0.1, 0.15) is 5.78 Å². The van der Waals surface area contributed by atoms with E-state index in [9.17, 15) is 9.59 Å². The third-order valence-electron chi connectivity index (χ3n) is 3.33. The van der Waals surface area contributed by atoms with Crippen LogP contribution in [-0.2, 0) is 19.1 Å². The van der Waals surface area contributed by atoms with E-state index in [1.54, 1.807) is 7.05 Å². The molecule has 0 aliphatic heterocycles. The fourth-order valence-corrected chi connectivity index (χ4v) is 2.09. The van der Waals surface area contributed by atoms with E-state index in [0.717, 1.165) is 0 Å². The lowest BCUT2D eigenvalue weighted by Crippen LogP contribution is -2.35. The molecule has 5 N–H and O–H groups in total. The number of aliphatic hydroxyl groups is 1. The summed E-state index contributed by atoms with van der Waals surface area (Å²) >= 11 is 0. The summed E-state index contributed by atoms with van der Waals surface area (Å²) in [6.45, 7) is 3.90. The van der Waals surface area contributed by atoms with Crippen molar-refractivity contribution in [3.8, 4) is 0 Å². The number of Topliss-reactive ketones (excluding diaryl/α,β-unsaturated/α-hetero) is 1. The Balaban J connectivity index is 3.96. The second kappa shape index (κ2) is 15.8. The van der Waals surface area contributed by atoms with Gasteiger partial charge in [0.15, 0.2) is 5.96 Å². The first-order chi connectivity index (χ1) is 12.0. The highest BCUT2D eigenvalue weighted by molar-refractivity contribution is 5.85. The molecule has 146 valence electrons. The number of rotatable bonds is 15. The van der Waals surface area contributed by atoms with Crippen LogP contribution >= 0.6 is 0 Å². The van der Waals surface area contributed by atoms with Crippen molar-refractivity contribution in [2.24, 2.45) is 16.6 Å². The van der Waals surface area contributed by atoms with Crippen LogP contribution in [0, 0.1) is 5.92 Å². The predicted molar refractivity (Wildman–Crippen MR) is 95.3 cm³/mol. The fourth-order valence-electron chi connectivity index (χ4n) is 2.09. The van der Waals surface area contributed by atoms with Gasteiger partial charge in [0.25, 0.3) is 0 Å². The van der Waals surface area contributed by atoms with Crippen LogP contribution in [-0.4, -0.2) is 75.9 Å². The number of nitrogens with one attached hydrogen (secondary N) is 2. The Morgan fingerprint density at radius 3 is 2.40 bits per heavy atom. The molecule has 0 saturated carbocycles. The van der Waals surface area contributed by atoms with Crippen molar-refractivity contribution in [3.05, 3.63) is 0 Å². The van der Waals surface area contributed by atoms with Gasteiger partial charge in [0, 0.05) is 32.5 Å². The van der Waals surface area contributed by atoms with Crippen molar-refractivity contribution >= 4 is 17.6 Å². The number of ketones is 1. The summed E-state index contributed by atoms with van der Waals surface area (Å²) in [7, 11) is 1.59. The quantitative estimate of drug-likeness (QED) is 0.168. The number of carbonyl (C=O) groups is 2. The van der Waals surface area contributed by atoms with E-state index in [4.69, 9.17) is 20.3 Å². The molecule has 0 rings (SSSR count). The monoisotopic (exact) mass is 360 g/mol. The summed E-state index contributed by atoms with van der Waals surface area (Å²) in [5.41, 5.74) is 5.53. The van der Waals surface area contributed by atoms with E-state index in [-0.39, 0.29) is 37.2 Å². The Morgan fingerprint density at radius 1 is 1.12 bits per heavy atom. The van der Waals surface area contributed by atoms with Crippen LogP contribution in [0.4, 0.5) is 0 Å². The zero-order valence-corrected chi connectivity index (χ0v) is 15.3. The average molecular weight is 360 g/mol. The van der Waals surface area contributed by atoms with Gasteiger partial charge in [-0.15, -0.1) is 0 Å². The number of hydrogen-bond donors (Lipinski definition) is 4. The first kappa shape index (κ1) is 23.3. The molecule has 0 aromatic heterocycles. The molecule has 9 heteroatoms. The highest BCUT2D eigenvalue weighted by Crippen LogP contribution is 2.12. The molecule has 1 amide bonds. The molecular formula is C16H32N4O5. The molecule has 0 radical (unpaired) electrons. The third-order valence-corrected chi connectivity index (χ3v) is 3.33. The zero-order valence-electron chi connectivity index (χ0n) is 15.3. The first-order valence-electron chi connectivity index (χ1n) is 8.50. The summed E-state index contributed by atoms with van der Waals surface area (Å²) < 4.78 is 10.4. The van der Waals surface area contributed by atoms with Crippen molar-refractivity contribution in [2.45, 2.75) is 26.2 Å². The van der Waals surface area contributed by atoms with Gasteiger partial charge >= 0.3 is 0 Å². The van der Waals surface area contributed by atoms with Gasteiger partial charge in [0.2, 0.25) is 5.91 Å². The van der Waals surface area contributed by atoms with Crippen LogP contribution in [0.1, 0.15) is 26.2 Å². The molecule has 0 aliphatic carbocycles. The maximum Gasteiger partial charge on any atom is 0.223 e. The summed E-state index contributed by atoms with van der Waals surface area (Å²) in [4.78, 5) is 27.3. The van der Waals surface area contributed by atoms with Crippen LogP contribution in [0.5, 0.6) is 0 Å². The van der Waals surface area contributed by atoms with Crippen molar-refractivity contribution in [1.82, 2.24) is 10.6 Å². The second-order valence-corrected chi connectivity index (χ2v) is 5.52. The number of ether oxygens (including phenoxy) is 2. The van der Waals surface area contributed by atoms with Crippen LogP contribution in [0.15, 0.2) is 4.99 Å². The van der Waals surface area contributed by atoms with Crippen LogP contribution in [0.2, 0.25) is 0 Å². The number of nitrogens with two attached hydrogens (primary N) is 1. The predicted octanol–water partition coefficient (Wildman–Crippen LogP) is -0.962. The number of aliphatic imine (C=N–C) groups is 1. The Labute approximate surface area is 149 Å². The summed E-state index contributed by atoms with van der Waals surface area (Å²) in [5, 5.41) is 14.3. The molecule has 0 aliphatic rings. The van der Waals surface area contributed by atoms with Gasteiger partial charge in [0.05, 0.1) is 33.0 Å². The highest BCUT2D eigenvalue weighted by atomic mass is 16.5. The van der Waals surface area contributed by atoms with Crippen LogP contribution < -0.4 is 16.4 Å². The standard InChI is InChI=1S/C16H32N4O5/c1-13(22)12-14(4-3-5-20-16(17)18-2)15(23)19-6-8-24-10-11-25-9-7-21/h14,21H,3-12H2,1-2H3,(H,19,23)(H3,17,18,20)/t14-/m1/s1. The number of nitrogens with zero attached hydrogens (tertiary/aromatic N) is 1. The summed E-state index contributed by atoms with van der Waals surface area (Å²) in [5.74, 6) is -0.160. The van der Waals surface area contributed by atoms with E-state index in [0.29, 0.717) is 51.7 Å². The first-order valence-corrected chi connectivity index (χ1v) is 8.50. The number of guanidine groups is 1. The summed E-state index contributed by atoms with van der Waals surface area (Å²) in [6.07, 6.45) is 1.52. The minimum atomic E-state index is -0.355. The second-order valence-electron chi connectivity index (χ2n) is 5.52. The Bertz CT molecular complexity index is 404. The minimum absolute atomic E-state index is 0.0129. The molecule has 0 fully saturated rings. The largest absolute Gasteiger partial charge is 0.394 e. The van der Waals surface area contributed by atoms with Gasteiger partial charge in [-0.1, -0.05) is 0 Å². The topological polar surface area (TPSA) is 135 Å². The van der Waals surface area contributed by atoms with Crippen LogP contribution in [0.25, 0.3) is 0 Å². The normalized spacial score (nSPS) is 12.7. The van der Waals surface area contributed by atoms with Gasteiger partial charge in [-0.3, -0.25) is 9.79 Å². The smallest absolute Gasteiger partial charge is 0.223 e. The van der Waals surface area contributed by atoms with Crippen molar-refractivity contribution in [1.29, 1.82) is 0 Å². The minimum Gasteiger partial charge on any atom is -0.394 e. The van der Waals surface area contributed by atoms with Gasteiger partial charge in [-0.05, 0) is 19.8 Å². The molecule has 0 saturated heterocycles. The zero-order chi connectivity index (χ0) is 18.9. The van der Waals surface area contributed by atoms with Gasteiger partial charge in [-0.2, -0.15) is 0 Å². The van der Waals surface area contributed by atoms with E-state index in [1.807, 2.05) is 0 Å². The maximum atomic E-state index is 12.2. The van der Waals surface area contributed by atoms with Crippen molar-refractivity contribution in [3.63, 3.8) is 0 Å². The Kier molecular flexibility index (Phi) is 14.7. The number of amides is 1. The fraction of sp³-hybridized carbons (Fsp3) is 0.812. The molecule has 0 bridgehead atoms. The number of hydrogen-bond acceptors (Lipinski definition) is 6. The summed E-state index contributed by atoms with van der Waals surface area (Å²) in [6, 6.07) is 0. The molecule has 0 spiro atoms. The molecular weight excluding hydrogens is 328 g/mol. The van der Waals surface area contributed by atoms with Crippen molar-refractivity contribution in [2.75, 3.05) is 53.2 Å². The van der Waals surface area contributed by atoms with E-state index < -0.39 is 0 Å². The van der Waals surface area contributed by atoms with E-state index in [1.165, 1.54) is 6.92 Å². The number of carbonyl (C=O) groups excluding carboxylic acids is 2. The lowest BCUT2D eigenvalue weighted by Gasteiger charge is -2.16. The van der Waals surface area contributed by atoms with Gasteiger partial charge < -0.3 is 35.7 Å². The third kappa shape index (κ3) is 14.3. The number of aliphatic hydroxyl groups excluding tert-OH is 1. The lowest BCUT2D eigenvalue weighted by molar-refractivity contribution is -0.129. The lowest BCUT2D eigenvalue weighted by atomic mass is 9.96. The average Bonchev–Trinajstić information content (AvgIpc) is 2.59. The Morgan fingerprint density at radius 2 is 1.80 bits per heavy atom. The van der Waals surface area contributed by atoms with Crippen molar-refractivity contribution < 1.29 is 24.2 Å². The van der Waals surface area contributed by atoms with E-state index >= 15 is 0 Å². The SMILES string of the molecule is CN=C(N)NCCC[C@H](CC(C)=O)C(=O)NCCOCCOCCO. The molecule has 0 aromatic carbocycles. The molecule has 0 aromatic rings. The van der Waals surface area contributed by atoms with Crippen LogP contribution in [0.3, 0.4) is 0 Å². The van der Waals surface area contributed by atoms with Gasteiger partial charge in [-0.25, -0.2) is 0 Å².